The Balaban J connectivity index is 1.54. The van der Waals surface area contributed by atoms with Crippen LogP contribution in [0.1, 0.15) is 24.8 Å². The molecule has 4 nitrogen and oxygen atoms in total. The van der Waals surface area contributed by atoms with Crippen LogP contribution in [-0.2, 0) is 6.42 Å². The standard InChI is InChI=1S/C18H20N4S/c1-13-3-2-7-22(13)8-6-18-21-16-9-14(4-5-17(16)23-18)15-10-19-12-20-11-15/h4-5,9-13H,2-3,6-8H2,1H3/t13-/m1/s1. The van der Waals surface area contributed by atoms with Crippen LogP contribution in [0.2, 0.25) is 0 Å². The predicted octanol–water partition coefficient (Wildman–Crippen LogP) is 3.78. The summed E-state index contributed by atoms with van der Waals surface area (Å²) in [6.07, 6.45) is 8.97. The van der Waals surface area contributed by atoms with Gasteiger partial charge in [-0.05, 0) is 44.0 Å². The molecule has 0 amide bonds. The highest BCUT2D eigenvalue weighted by molar-refractivity contribution is 7.18. The monoisotopic (exact) mass is 324 g/mol. The second-order valence-corrected chi connectivity index (χ2v) is 7.31. The maximum absolute atomic E-state index is 4.84. The molecular formula is C18H20N4S. The van der Waals surface area contributed by atoms with Crippen LogP contribution in [0.15, 0.2) is 36.9 Å². The van der Waals surface area contributed by atoms with E-state index in [9.17, 15) is 0 Å². The van der Waals surface area contributed by atoms with Crippen molar-refractivity contribution in [1.29, 1.82) is 0 Å². The highest BCUT2D eigenvalue weighted by Gasteiger charge is 2.20. The van der Waals surface area contributed by atoms with Crippen molar-refractivity contribution in [3.05, 3.63) is 41.9 Å². The molecule has 1 aliphatic heterocycles. The van der Waals surface area contributed by atoms with Crippen LogP contribution >= 0.6 is 11.3 Å². The molecule has 3 heterocycles. The van der Waals surface area contributed by atoms with E-state index >= 15 is 0 Å². The third-order valence-electron chi connectivity index (χ3n) is 4.63. The molecule has 1 fully saturated rings. The molecule has 1 atom stereocenters. The van der Waals surface area contributed by atoms with Gasteiger partial charge in [0.15, 0.2) is 0 Å². The molecular weight excluding hydrogens is 304 g/mol. The second kappa shape index (κ2) is 6.34. The normalized spacial score (nSPS) is 18.7. The molecule has 0 spiro atoms. The van der Waals surface area contributed by atoms with E-state index in [-0.39, 0.29) is 0 Å². The van der Waals surface area contributed by atoms with E-state index in [0.717, 1.165) is 35.7 Å². The first-order valence-corrected chi connectivity index (χ1v) is 9.00. The molecule has 4 rings (SSSR count). The minimum Gasteiger partial charge on any atom is -0.300 e. The Morgan fingerprint density at radius 2 is 2.09 bits per heavy atom. The van der Waals surface area contributed by atoms with E-state index in [1.54, 1.807) is 6.33 Å². The van der Waals surface area contributed by atoms with Gasteiger partial charge in [0.1, 0.15) is 6.33 Å². The first kappa shape index (κ1) is 14.7. The van der Waals surface area contributed by atoms with Gasteiger partial charge in [-0.1, -0.05) is 6.07 Å². The molecule has 0 unspecified atom stereocenters. The molecule has 1 aliphatic rings. The Hall–Kier alpha value is -1.85. The van der Waals surface area contributed by atoms with E-state index in [4.69, 9.17) is 4.98 Å². The third-order valence-corrected chi connectivity index (χ3v) is 5.73. The van der Waals surface area contributed by atoms with E-state index < -0.39 is 0 Å². The lowest BCUT2D eigenvalue weighted by Crippen LogP contribution is -2.28. The number of fused-ring (bicyclic) bond motifs is 1. The minimum atomic E-state index is 0.731. The largest absolute Gasteiger partial charge is 0.300 e. The van der Waals surface area contributed by atoms with Crippen molar-refractivity contribution in [3.8, 4) is 11.1 Å². The molecule has 0 radical (unpaired) electrons. The minimum absolute atomic E-state index is 0.731. The molecule has 1 saturated heterocycles. The number of likely N-dealkylation sites (tertiary alicyclic amines) is 1. The van der Waals surface area contributed by atoms with Crippen molar-refractivity contribution in [3.63, 3.8) is 0 Å². The first-order valence-electron chi connectivity index (χ1n) is 8.18. The van der Waals surface area contributed by atoms with Gasteiger partial charge in [-0.3, -0.25) is 0 Å². The van der Waals surface area contributed by atoms with Crippen LogP contribution in [0.25, 0.3) is 21.3 Å². The van der Waals surface area contributed by atoms with Crippen LogP contribution in [0, 0.1) is 0 Å². The smallest absolute Gasteiger partial charge is 0.115 e. The molecule has 2 aromatic heterocycles. The molecule has 118 valence electrons. The van der Waals surface area contributed by atoms with Crippen LogP contribution in [0.4, 0.5) is 0 Å². The highest BCUT2D eigenvalue weighted by Crippen LogP contribution is 2.28. The SMILES string of the molecule is C[C@@H]1CCCN1CCc1nc2cc(-c3cncnc3)ccc2s1. The first-order chi connectivity index (χ1) is 11.3. The van der Waals surface area contributed by atoms with Crippen molar-refractivity contribution in [1.82, 2.24) is 19.9 Å². The van der Waals surface area contributed by atoms with Gasteiger partial charge in [-0.2, -0.15) is 0 Å². The molecule has 0 saturated carbocycles. The molecule has 0 bridgehead atoms. The van der Waals surface area contributed by atoms with Gasteiger partial charge in [0.2, 0.25) is 0 Å². The van der Waals surface area contributed by atoms with Crippen LogP contribution in [-0.4, -0.2) is 39.0 Å². The average molecular weight is 324 g/mol. The van der Waals surface area contributed by atoms with Crippen molar-refractivity contribution >= 4 is 21.6 Å². The summed E-state index contributed by atoms with van der Waals surface area (Å²) in [6.45, 7) is 4.70. The lowest BCUT2D eigenvalue weighted by atomic mass is 10.1. The number of rotatable bonds is 4. The lowest BCUT2D eigenvalue weighted by molar-refractivity contribution is 0.272. The predicted molar refractivity (Wildman–Crippen MR) is 94.6 cm³/mol. The maximum Gasteiger partial charge on any atom is 0.115 e. The van der Waals surface area contributed by atoms with Gasteiger partial charge in [-0.15, -0.1) is 11.3 Å². The Morgan fingerprint density at radius 1 is 1.22 bits per heavy atom. The molecule has 23 heavy (non-hydrogen) atoms. The molecule has 1 aromatic carbocycles. The van der Waals surface area contributed by atoms with Gasteiger partial charge < -0.3 is 4.90 Å². The van der Waals surface area contributed by atoms with Crippen molar-refractivity contribution < 1.29 is 0 Å². The average Bonchev–Trinajstić information content (AvgIpc) is 3.18. The summed E-state index contributed by atoms with van der Waals surface area (Å²) in [5.74, 6) is 0. The number of hydrogen-bond acceptors (Lipinski definition) is 5. The Kier molecular flexibility index (Phi) is 4.06. The number of nitrogens with zero attached hydrogens (tertiary/aromatic N) is 4. The summed E-state index contributed by atoms with van der Waals surface area (Å²) in [6, 6.07) is 7.17. The van der Waals surface area contributed by atoms with Crippen LogP contribution in [0.3, 0.4) is 0 Å². The fraction of sp³-hybridized carbons (Fsp3) is 0.389. The molecule has 0 N–H and O–H groups in total. The van der Waals surface area contributed by atoms with E-state index in [0.29, 0.717) is 0 Å². The summed E-state index contributed by atoms with van der Waals surface area (Å²) in [5.41, 5.74) is 3.25. The quantitative estimate of drug-likeness (QED) is 0.732. The fourth-order valence-electron chi connectivity index (χ4n) is 3.27. The van der Waals surface area contributed by atoms with E-state index in [1.165, 1.54) is 29.1 Å². The summed E-state index contributed by atoms with van der Waals surface area (Å²) in [5, 5.41) is 1.24. The topological polar surface area (TPSA) is 41.9 Å². The molecule has 5 heteroatoms. The van der Waals surface area contributed by atoms with Gasteiger partial charge in [0.25, 0.3) is 0 Å². The van der Waals surface area contributed by atoms with Gasteiger partial charge in [-0.25, -0.2) is 15.0 Å². The van der Waals surface area contributed by atoms with Crippen molar-refractivity contribution in [2.45, 2.75) is 32.2 Å². The summed E-state index contributed by atoms with van der Waals surface area (Å²) in [4.78, 5) is 15.6. The van der Waals surface area contributed by atoms with Crippen molar-refractivity contribution in [2.75, 3.05) is 13.1 Å². The highest BCUT2D eigenvalue weighted by atomic mass is 32.1. The van der Waals surface area contributed by atoms with Gasteiger partial charge >= 0.3 is 0 Å². The molecule has 0 aliphatic carbocycles. The van der Waals surface area contributed by atoms with Crippen molar-refractivity contribution in [2.24, 2.45) is 0 Å². The summed E-state index contributed by atoms with van der Waals surface area (Å²) < 4.78 is 1.26. The number of thiazole rings is 1. The summed E-state index contributed by atoms with van der Waals surface area (Å²) >= 11 is 1.82. The number of aromatic nitrogens is 3. The second-order valence-electron chi connectivity index (χ2n) is 6.19. The van der Waals surface area contributed by atoms with Crippen LogP contribution < -0.4 is 0 Å². The Labute approximate surface area is 140 Å². The number of benzene rings is 1. The third kappa shape index (κ3) is 3.12. The lowest BCUT2D eigenvalue weighted by Gasteiger charge is -2.19. The number of hydrogen-bond donors (Lipinski definition) is 0. The maximum atomic E-state index is 4.84. The Morgan fingerprint density at radius 3 is 2.87 bits per heavy atom. The zero-order valence-electron chi connectivity index (χ0n) is 13.3. The zero-order valence-corrected chi connectivity index (χ0v) is 14.1. The van der Waals surface area contributed by atoms with Crippen LogP contribution in [0.5, 0.6) is 0 Å². The van der Waals surface area contributed by atoms with E-state index in [2.05, 4.69) is 40.0 Å². The van der Waals surface area contributed by atoms with Gasteiger partial charge in [0, 0.05) is 37.0 Å². The summed E-state index contributed by atoms with van der Waals surface area (Å²) in [7, 11) is 0. The van der Waals surface area contributed by atoms with Gasteiger partial charge in [0.05, 0.1) is 15.2 Å². The zero-order chi connectivity index (χ0) is 15.6. The van der Waals surface area contributed by atoms with E-state index in [1.807, 2.05) is 23.7 Å². The molecule has 3 aromatic rings. The fourth-order valence-corrected chi connectivity index (χ4v) is 4.21. The Bertz CT molecular complexity index is 799.